The first-order valence-corrected chi connectivity index (χ1v) is 2.34. The molecule has 0 radical (unpaired) electrons. The standard InChI is InChI=1S/C4H7ClO/c1-2-4(5)3-6/h3-4H,2H2,1H3/t4-/m0/s1. The molecule has 0 saturated carbocycles. The molecule has 0 aromatic rings. The average molecular weight is 107 g/mol. The van der Waals surface area contributed by atoms with Crippen LogP contribution in [0.25, 0.3) is 0 Å². The van der Waals surface area contributed by atoms with Crippen LogP contribution in [-0.2, 0) is 4.79 Å². The molecular formula is C4H7ClO. The normalized spacial score (nSPS) is 13.7. The third-order valence-electron chi connectivity index (χ3n) is 0.538. The zero-order valence-electron chi connectivity index (χ0n) is 3.65. The van der Waals surface area contributed by atoms with Crippen molar-refractivity contribution in [3.63, 3.8) is 0 Å². The number of hydrogen-bond donors (Lipinski definition) is 0. The van der Waals surface area contributed by atoms with Crippen LogP contribution >= 0.6 is 11.6 Å². The first-order chi connectivity index (χ1) is 2.81. The van der Waals surface area contributed by atoms with Crippen molar-refractivity contribution in [2.24, 2.45) is 0 Å². The monoisotopic (exact) mass is 106 g/mol. The molecule has 0 rings (SSSR count). The van der Waals surface area contributed by atoms with E-state index >= 15 is 0 Å². The second-order valence-corrected chi connectivity index (χ2v) is 1.62. The van der Waals surface area contributed by atoms with Gasteiger partial charge in [0.1, 0.15) is 6.29 Å². The highest BCUT2D eigenvalue weighted by Crippen LogP contribution is 1.93. The van der Waals surface area contributed by atoms with Crippen LogP contribution in [-0.4, -0.2) is 11.7 Å². The summed E-state index contributed by atoms with van der Waals surface area (Å²) >= 11 is 5.28. The van der Waals surface area contributed by atoms with Crippen LogP contribution in [0.5, 0.6) is 0 Å². The van der Waals surface area contributed by atoms with E-state index in [4.69, 9.17) is 11.6 Å². The van der Waals surface area contributed by atoms with Crippen molar-refractivity contribution in [3.8, 4) is 0 Å². The van der Waals surface area contributed by atoms with Gasteiger partial charge in [0.25, 0.3) is 0 Å². The highest BCUT2D eigenvalue weighted by molar-refractivity contribution is 6.27. The summed E-state index contributed by atoms with van der Waals surface area (Å²) in [5.41, 5.74) is 0. The van der Waals surface area contributed by atoms with Crippen molar-refractivity contribution in [1.82, 2.24) is 0 Å². The summed E-state index contributed by atoms with van der Waals surface area (Å²) in [5, 5.41) is -0.273. The minimum absolute atomic E-state index is 0.273. The lowest BCUT2D eigenvalue weighted by atomic mass is 10.4. The molecule has 0 fully saturated rings. The summed E-state index contributed by atoms with van der Waals surface area (Å²) in [5.74, 6) is 0. The maximum atomic E-state index is 9.60. The van der Waals surface area contributed by atoms with Crippen LogP contribution in [0.15, 0.2) is 0 Å². The predicted molar refractivity (Wildman–Crippen MR) is 26.0 cm³/mol. The van der Waals surface area contributed by atoms with Crippen LogP contribution in [0, 0.1) is 0 Å². The van der Waals surface area contributed by atoms with Gasteiger partial charge in [0, 0.05) is 0 Å². The number of rotatable bonds is 2. The van der Waals surface area contributed by atoms with Gasteiger partial charge in [0.15, 0.2) is 0 Å². The Labute approximate surface area is 42.3 Å². The minimum Gasteiger partial charge on any atom is -0.302 e. The van der Waals surface area contributed by atoms with E-state index < -0.39 is 0 Å². The van der Waals surface area contributed by atoms with Gasteiger partial charge >= 0.3 is 0 Å². The molecule has 1 atom stereocenters. The van der Waals surface area contributed by atoms with Crippen molar-refractivity contribution >= 4 is 17.9 Å². The van der Waals surface area contributed by atoms with Gasteiger partial charge in [-0.05, 0) is 6.42 Å². The van der Waals surface area contributed by atoms with Crippen LogP contribution in [0.2, 0.25) is 0 Å². The topological polar surface area (TPSA) is 17.1 Å². The van der Waals surface area contributed by atoms with Crippen LogP contribution in [0.3, 0.4) is 0 Å². The molecule has 0 spiro atoms. The Morgan fingerprint density at radius 2 is 2.50 bits per heavy atom. The number of halogens is 1. The van der Waals surface area contributed by atoms with E-state index in [0.29, 0.717) is 0 Å². The zero-order chi connectivity index (χ0) is 4.99. The largest absolute Gasteiger partial charge is 0.302 e. The smallest absolute Gasteiger partial charge is 0.137 e. The predicted octanol–water partition coefficient (Wildman–Crippen LogP) is 1.20. The fourth-order valence-electron chi connectivity index (χ4n) is 0.0962. The molecule has 36 valence electrons. The van der Waals surface area contributed by atoms with E-state index in [1.54, 1.807) is 0 Å². The number of aldehydes is 1. The highest BCUT2D eigenvalue weighted by Gasteiger charge is 1.92. The number of hydrogen-bond acceptors (Lipinski definition) is 1. The molecule has 0 unspecified atom stereocenters. The molecule has 2 heteroatoms. The summed E-state index contributed by atoms with van der Waals surface area (Å²) < 4.78 is 0. The third-order valence-corrected chi connectivity index (χ3v) is 0.949. The van der Waals surface area contributed by atoms with E-state index in [1.165, 1.54) is 0 Å². The van der Waals surface area contributed by atoms with E-state index in [1.807, 2.05) is 6.92 Å². The Morgan fingerprint density at radius 1 is 2.00 bits per heavy atom. The summed E-state index contributed by atoms with van der Waals surface area (Å²) in [7, 11) is 0. The van der Waals surface area contributed by atoms with Gasteiger partial charge in [0.2, 0.25) is 0 Å². The maximum absolute atomic E-state index is 9.60. The summed E-state index contributed by atoms with van der Waals surface area (Å²) in [6, 6.07) is 0. The Bertz CT molecular complexity index is 44.8. The molecule has 6 heavy (non-hydrogen) atoms. The molecular weight excluding hydrogens is 99.5 g/mol. The van der Waals surface area contributed by atoms with Gasteiger partial charge in [-0.3, -0.25) is 0 Å². The highest BCUT2D eigenvalue weighted by atomic mass is 35.5. The van der Waals surface area contributed by atoms with E-state index in [9.17, 15) is 4.79 Å². The molecule has 1 nitrogen and oxygen atoms in total. The molecule has 0 amide bonds. The van der Waals surface area contributed by atoms with Crippen LogP contribution in [0.4, 0.5) is 0 Å². The first-order valence-electron chi connectivity index (χ1n) is 1.90. The molecule has 0 aromatic heterocycles. The molecule has 0 saturated heterocycles. The zero-order valence-corrected chi connectivity index (χ0v) is 4.40. The fourth-order valence-corrected chi connectivity index (χ4v) is 0.0962. The molecule has 0 aromatic carbocycles. The number of carbonyl (C=O) groups is 1. The van der Waals surface area contributed by atoms with Gasteiger partial charge in [0.05, 0.1) is 5.38 Å². The Morgan fingerprint density at radius 3 is 2.50 bits per heavy atom. The van der Waals surface area contributed by atoms with Gasteiger partial charge in [-0.2, -0.15) is 0 Å². The number of carbonyl (C=O) groups excluding carboxylic acids is 1. The SMILES string of the molecule is CC[C@H](Cl)C=O. The van der Waals surface area contributed by atoms with E-state index in [-0.39, 0.29) is 5.38 Å². The maximum Gasteiger partial charge on any atom is 0.137 e. The van der Waals surface area contributed by atoms with E-state index in [0.717, 1.165) is 12.7 Å². The van der Waals surface area contributed by atoms with Crippen molar-refractivity contribution in [2.45, 2.75) is 18.7 Å². The average Bonchev–Trinajstić information content (AvgIpc) is 1.65. The Hall–Kier alpha value is -0.0400. The summed E-state index contributed by atoms with van der Waals surface area (Å²) in [6.07, 6.45) is 1.46. The summed E-state index contributed by atoms with van der Waals surface area (Å²) in [6.45, 7) is 1.87. The van der Waals surface area contributed by atoms with Gasteiger partial charge in [-0.15, -0.1) is 11.6 Å². The third kappa shape index (κ3) is 2.21. The first kappa shape index (κ1) is 5.96. The second kappa shape index (κ2) is 3.16. The van der Waals surface area contributed by atoms with Crippen molar-refractivity contribution in [2.75, 3.05) is 0 Å². The Balaban J connectivity index is 2.96. The second-order valence-electron chi connectivity index (χ2n) is 1.06. The van der Waals surface area contributed by atoms with Crippen LogP contribution in [0.1, 0.15) is 13.3 Å². The van der Waals surface area contributed by atoms with Gasteiger partial charge in [-0.1, -0.05) is 6.92 Å². The molecule has 0 aliphatic carbocycles. The summed E-state index contributed by atoms with van der Waals surface area (Å²) in [4.78, 5) is 9.60. The fraction of sp³-hybridized carbons (Fsp3) is 0.750. The lowest BCUT2D eigenvalue weighted by Gasteiger charge is -1.86. The van der Waals surface area contributed by atoms with Gasteiger partial charge in [-0.25, -0.2) is 0 Å². The molecule has 0 aliphatic rings. The molecule has 0 heterocycles. The van der Waals surface area contributed by atoms with Gasteiger partial charge < -0.3 is 4.79 Å². The molecule has 0 aliphatic heterocycles. The van der Waals surface area contributed by atoms with E-state index in [2.05, 4.69) is 0 Å². The van der Waals surface area contributed by atoms with Crippen molar-refractivity contribution < 1.29 is 4.79 Å². The molecule has 0 N–H and O–H groups in total. The number of alkyl halides is 1. The minimum atomic E-state index is -0.273. The van der Waals surface area contributed by atoms with Crippen molar-refractivity contribution in [3.05, 3.63) is 0 Å². The lowest BCUT2D eigenvalue weighted by molar-refractivity contribution is -0.107. The Kier molecular flexibility index (Phi) is 3.14. The van der Waals surface area contributed by atoms with Crippen LogP contribution < -0.4 is 0 Å². The van der Waals surface area contributed by atoms with Crippen molar-refractivity contribution in [1.29, 1.82) is 0 Å². The lowest BCUT2D eigenvalue weighted by Crippen LogP contribution is -1.94. The molecule has 0 bridgehead atoms. The quantitative estimate of drug-likeness (QED) is 0.382.